The molecule has 3 N–H and O–H groups in total. The zero-order valence-corrected chi connectivity index (χ0v) is 12.0. The van der Waals surface area contributed by atoms with Crippen molar-refractivity contribution in [1.82, 2.24) is 10.4 Å². The monoisotopic (exact) mass is 273 g/mol. The van der Waals surface area contributed by atoms with Crippen LogP contribution < -0.4 is 16.0 Å². The molecule has 3 fully saturated rings. The summed E-state index contributed by atoms with van der Waals surface area (Å²) in [4.78, 5) is 4.31. The van der Waals surface area contributed by atoms with Crippen molar-refractivity contribution in [2.24, 2.45) is 35.4 Å². The van der Waals surface area contributed by atoms with Crippen LogP contribution in [0.25, 0.3) is 0 Å². The Labute approximate surface area is 120 Å². The Bertz CT molecular complexity index is 490. The quantitative estimate of drug-likeness (QED) is 0.638. The Morgan fingerprint density at radius 1 is 1.35 bits per heavy atom. The van der Waals surface area contributed by atoms with Gasteiger partial charge >= 0.3 is 0 Å². The lowest BCUT2D eigenvalue weighted by Gasteiger charge is -2.20. The van der Waals surface area contributed by atoms with Crippen molar-refractivity contribution in [3.05, 3.63) is 24.0 Å². The lowest BCUT2D eigenvalue weighted by molar-refractivity contribution is 0.335. The van der Waals surface area contributed by atoms with Gasteiger partial charge in [0.15, 0.2) is 0 Å². The number of hydrazine groups is 1. The molecule has 2 bridgehead atoms. The van der Waals surface area contributed by atoms with E-state index in [0.717, 1.165) is 29.4 Å². The van der Waals surface area contributed by atoms with Gasteiger partial charge in [-0.25, -0.2) is 0 Å². The Hall–Kier alpha value is -1.13. The van der Waals surface area contributed by atoms with Crippen LogP contribution in [0.1, 0.15) is 37.8 Å². The minimum atomic E-state index is 0.237. The second-order valence-corrected chi connectivity index (χ2v) is 6.60. The van der Waals surface area contributed by atoms with Crippen LogP contribution >= 0.6 is 0 Å². The zero-order valence-electron chi connectivity index (χ0n) is 12.0. The fourth-order valence-electron chi connectivity index (χ4n) is 5.12. The number of aromatic nitrogens is 1. The van der Waals surface area contributed by atoms with Crippen molar-refractivity contribution in [1.29, 1.82) is 0 Å². The number of fused-ring (bicyclic) bond motifs is 5. The first kappa shape index (κ1) is 12.6. The molecular weight excluding hydrogens is 250 g/mol. The van der Waals surface area contributed by atoms with Gasteiger partial charge in [-0.3, -0.25) is 16.3 Å². The first-order valence-electron chi connectivity index (χ1n) is 7.87. The highest BCUT2D eigenvalue weighted by molar-refractivity contribution is 5.29. The van der Waals surface area contributed by atoms with Crippen LogP contribution in [0.5, 0.6) is 5.75 Å². The summed E-state index contributed by atoms with van der Waals surface area (Å²) in [6, 6.07) is 2.33. The molecule has 20 heavy (non-hydrogen) atoms. The number of nitrogens with zero attached hydrogens (tertiary/aromatic N) is 1. The third kappa shape index (κ3) is 1.78. The number of ether oxygens (including phenoxy) is 1. The van der Waals surface area contributed by atoms with E-state index in [1.165, 1.54) is 24.8 Å². The Morgan fingerprint density at radius 3 is 2.75 bits per heavy atom. The van der Waals surface area contributed by atoms with E-state index in [1.54, 1.807) is 6.20 Å². The summed E-state index contributed by atoms with van der Waals surface area (Å²) in [5.74, 6) is 11.2. The van der Waals surface area contributed by atoms with Gasteiger partial charge in [-0.15, -0.1) is 0 Å². The molecule has 4 nitrogen and oxygen atoms in total. The molecule has 1 aromatic rings. The average Bonchev–Trinajstić information content (AvgIpc) is 2.89. The highest BCUT2D eigenvalue weighted by Crippen LogP contribution is 2.72. The lowest BCUT2D eigenvalue weighted by atomic mass is 9.94. The molecule has 0 amide bonds. The summed E-state index contributed by atoms with van der Waals surface area (Å²) >= 11 is 0. The maximum Gasteiger partial charge on any atom is 0.137 e. The molecule has 3 aliphatic rings. The molecule has 1 heterocycles. The Morgan fingerprint density at radius 2 is 2.10 bits per heavy atom. The van der Waals surface area contributed by atoms with Crippen LogP contribution in [-0.4, -0.2) is 11.6 Å². The molecule has 108 valence electrons. The van der Waals surface area contributed by atoms with Gasteiger partial charge in [0.2, 0.25) is 0 Å². The molecule has 4 rings (SSSR count). The number of hydrogen-bond acceptors (Lipinski definition) is 4. The SMILES string of the molecule is CCOc1cncc(C(NN)C2C3C4CCC(C4)C32)c1. The highest BCUT2D eigenvalue weighted by atomic mass is 16.5. The van der Waals surface area contributed by atoms with Crippen molar-refractivity contribution < 1.29 is 4.74 Å². The van der Waals surface area contributed by atoms with Crippen LogP contribution in [-0.2, 0) is 0 Å². The normalized spacial score (nSPS) is 38.6. The standard InChI is InChI=1S/C16H23N3O/c1-2-20-12-6-11(7-18-8-12)16(19-17)15-13-9-3-4-10(5-9)14(13)15/h6-10,13-16,19H,2-5,17H2,1H3. The van der Waals surface area contributed by atoms with Crippen molar-refractivity contribution in [3.8, 4) is 5.75 Å². The summed E-state index contributed by atoms with van der Waals surface area (Å²) in [6.45, 7) is 2.67. The number of nitrogens with one attached hydrogen (secondary N) is 1. The molecular formula is C16H23N3O. The van der Waals surface area contributed by atoms with Gasteiger partial charge in [-0.2, -0.15) is 0 Å². The Kier molecular flexibility index (Phi) is 2.97. The second-order valence-electron chi connectivity index (χ2n) is 6.60. The molecule has 0 saturated heterocycles. The van der Waals surface area contributed by atoms with E-state index in [1.807, 2.05) is 13.1 Å². The van der Waals surface area contributed by atoms with E-state index < -0.39 is 0 Å². The highest BCUT2D eigenvalue weighted by Gasteiger charge is 2.66. The fourth-order valence-corrected chi connectivity index (χ4v) is 5.12. The van der Waals surface area contributed by atoms with Crippen LogP contribution in [0.2, 0.25) is 0 Å². The van der Waals surface area contributed by atoms with Crippen LogP contribution in [0.4, 0.5) is 0 Å². The number of hydrogen-bond donors (Lipinski definition) is 2. The fraction of sp³-hybridized carbons (Fsp3) is 0.688. The van der Waals surface area contributed by atoms with Crippen molar-refractivity contribution in [2.75, 3.05) is 6.61 Å². The molecule has 5 unspecified atom stereocenters. The van der Waals surface area contributed by atoms with Crippen LogP contribution in [0.15, 0.2) is 18.5 Å². The molecule has 3 aliphatic carbocycles. The summed E-state index contributed by atoms with van der Waals surface area (Å²) in [7, 11) is 0. The van der Waals surface area contributed by atoms with Crippen LogP contribution in [0, 0.1) is 29.6 Å². The van der Waals surface area contributed by atoms with Gasteiger partial charge in [0.05, 0.1) is 18.8 Å². The van der Waals surface area contributed by atoms with Gasteiger partial charge in [0, 0.05) is 6.20 Å². The molecule has 4 heteroatoms. The third-order valence-electron chi connectivity index (χ3n) is 5.76. The number of rotatable bonds is 5. The van der Waals surface area contributed by atoms with E-state index in [0.29, 0.717) is 12.5 Å². The van der Waals surface area contributed by atoms with E-state index in [-0.39, 0.29) is 6.04 Å². The summed E-state index contributed by atoms with van der Waals surface area (Å²) < 4.78 is 5.56. The molecule has 0 aliphatic heterocycles. The van der Waals surface area contributed by atoms with Gasteiger partial charge in [0.1, 0.15) is 5.75 Å². The average molecular weight is 273 g/mol. The predicted molar refractivity (Wildman–Crippen MR) is 76.8 cm³/mol. The first-order chi connectivity index (χ1) is 9.83. The van der Waals surface area contributed by atoms with E-state index >= 15 is 0 Å². The smallest absolute Gasteiger partial charge is 0.137 e. The summed E-state index contributed by atoms with van der Waals surface area (Å²) in [6.07, 6.45) is 8.06. The van der Waals surface area contributed by atoms with Crippen LogP contribution in [0.3, 0.4) is 0 Å². The Balaban J connectivity index is 1.56. The number of nitrogens with two attached hydrogens (primary N) is 1. The summed E-state index contributed by atoms with van der Waals surface area (Å²) in [5.41, 5.74) is 4.23. The van der Waals surface area contributed by atoms with Crippen molar-refractivity contribution in [3.63, 3.8) is 0 Å². The van der Waals surface area contributed by atoms with E-state index in [9.17, 15) is 0 Å². The zero-order chi connectivity index (χ0) is 13.7. The van der Waals surface area contributed by atoms with Gasteiger partial charge in [-0.05, 0) is 67.4 Å². The molecule has 1 aromatic heterocycles. The van der Waals surface area contributed by atoms with Crippen molar-refractivity contribution >= 4 is 0 Å². The van der Waals surface area contributed by atoms with Gasteiger partial charge < -0.3 is 4.74 Å². The predicted octanol–water partition coefficient (Wildman–Crippen LogP) is 2.28. The molecule has 0 radical (unpaired) electrons. The van der Waals surface area contributed by atoms with Gasteiger partial charge in [0.25, 0.3) is 0 Å². The number of pyridine rings is 1. The first-order valence-corrected chi connectivity index (χ1v) is 7.87. The van der Waals surface area contributed by atoms with Gasteiger partial charge in [-0.1, -0.05) is 0 Å². The minimum Gasteiger partial charge on any atom is -0.492 e. The molecule has 3 saturated carbocycles. The largest absolute Gasteiger partial charge is 0.492 e. The summed E-state index contributed by atoms with van der Waals surface area (Å²) in [5, 5.41) is 0. The lowest BCUT2D eigenvalue weighted by Crippen LogP contribution is -2.31. The second kappa shape index (κ2) is 4.71. The van der Waals surface area contributed by atoms with E-state index in [4.69, 9.17) is 10.6 Å². The van der Waals surface area contributed by atoms with Crippen molar-refractivity contribution in [2.45, 2.75) is 32.2 Å². The molecule has 0 spiro atoms. The minimum absolute atomic E-state index is 0.237. The molecule has 0 aromatic carbocycles. The third-order valence-corrected chi connectivity index (χ3v) is 5.76. The maximum absolute atomic E-state index is 5.87. The topological polar surface area (TPSA) is 60.2 Å². The maximum atomic E-state index is 5.87. The molecule has 5 atom stereocenters. The van der Waals surface area contributed by atoms with E-state index in [2.05, 4.69) is 16.5 Å².